The van der Waals surface area contributed by atoms with E-state index in [1.807, 2.05) is 17.9 Å². The van der Waals surface area contributed by atoms with Crippen LogP contribution in [0.2, 0.25) is 0 Å². The van der Waals surface area contributed by atoms with E-state index >= 15 is 0 Å². The van der Waals surface area contributed by atoms with Crippen molar-refractivity contribution in [2.75, 3.05) is 26.2 Å². The van der Waals surface area contributed by atoms with Gasteiger partial charge in [0.15, 0.2) is 0 Å². The van der Waals surface area contributed by atoms with Crippen LogP contribution in [0, 0.1) is 12.8 Å². The molecule has 108 valence electrons. The van der Waals surface area contributed by atoms with Gasteiger partial charge in [-0.25, -0.2) is 0 Å². The number of nitrogens with one attached hydrogen (secondary N) is 1. The van der Waals surface area contributed by atoms with Crippen molar-refractivity contribution < 1.29 is 0 Å². The number of aromatic nitrogens is 2. The molecule has 0 spiro atoms. The lowest BCUT2D eigenvalue weighted by atomic mass is 9.99. The lowest BCUT2D eigenvalue weighted by Gasteiger charge is -2.30. The van der Waals surface area contributed by atoms with Crippen LogP contribution in [0.4, 0.5) is 0 Å². The molecule has 1 N–H and O–H groups in total. The Hall–Kier alpha value is -0.870. The van der Waals surface area contributed by atoms with Gasteiger partial charge in [-0.1, -0.05) is 6.92 Å². The number of hydrogen-bond donors (Lipinski definition) is 1. The Labute approximate surface area is 117 Å². The van der Waals surface area contributed by atoms with E-state index in [-0.39, 0.29) is 0 Å². The monoisotopic (exact) mass is 264 g/mol. The van der Waals surface area contributed by atoms with Crippen LogP contribution in [0.15, 0.2) is 6.20 Å². The predicted octanol–water partition coefficient (Wildman–Crippen LogP) is 1.94. The highest BCUT2D eigenvalue weighted by molar-refractivity contribution is 5.15. The maximum atomic E-state index is 4.35. The van der Waals surface area contributed by atoms with E-state index in [1.165, 1.54) is 56.7 Å². The fourth-order valence-electron chi connectivity index (χ4n) is 2.94. The average molecular weight is 264 g/mol. The molecule has 2 rings (SSSR count). The van der Waals surface area contributed by atoms with E-state index < -0.39 is 0 Å². The zero-order chi connectivity index (χ0) is 13.7. The van der Waals surface area contributed by atoms with Crippen molar-refractivity contribution in [2.24, 2.45) is 13.0 Å². The normalized spacial score (nSPS) is 20.1. The third-order valence-corrected chi connectivity index (χ3v) is 4.19. The summed E-state index contributed by atoms with van der Waals surface area (Å²) in [5.74, 6) is 0.817. The summed E-state index contributed by atoms with van der Waals surface area (Å²) in [7, 11) is 2.02. The van der Waals surface area contributed by atoms with Crippen LogP contribution in [0.1, 0.15) is 37.4 Å². The summed E-state index contributed by atoms with van der Waals surface area (Å²) in [6, 6.07) is 0. The Morgan fingerprint density at radius 2 is 2.37 bits per heavy atom. The molecular formula is C15H28N4. The molecule has 0 saturated carbocycles. The smallest absolute Gasteiger partial charge is 0.0537 e. The second-order valence-corrected chi connectivity index (χ2v) is 5.83. The molecule has 4 nitrogen and oxygen atoms in total. The zero-order valence-electron chi connectivity index (χ0n) is 12.7. The molecule has 19 heavy (non-hydrogen) atoms. The number of nitrogens with zero attached hydrogens (tertiary/aromatic N) is 3. The lowest BCUT2D eigenvalue weighted by molar-refractivity contribution is 0.201. The van der Waals surface area contributed by atoms with Crippen molar-refractivity contribution >= 4 is 0 Å². The first-order valence-corrected chi connectivity index (χ1v) is 7.61. The first-order valence-electron chi connectivity index (χ1n) is 7.61. The van der Waals surface area contributed by atoms with Crippen LogP contribution in [0.3, 0.4) is 0 Å². The van der Waals surface area contributed by atoms with Crippen molar-refractivity contribution in [1.82, 2.24) is 20.0 Å². The van der Waals surface area contributed by atoms with E-state index in [9.17, 15) is 0 Å². The van der Waals surface area contributed by atoms with Crippen molar-refractivity contribution in [1.29, 1.82) is 0 Å². The molecule has 0 bridgehead atoms. The van der Waals surface area contributed by atoms with Gasteiger partial charge >= 0.3 is 0 Å². The minimum absolute atomic E-state index is 0.817. The Bertz CT molecular complexity index is 379. The molecule has 0 aliphatic carbocycles. The fraction of sp³-hybridized carbons (Fsp3) is 0.800. The van der Waals surface area contributed by atoms with Crippen LogP contribution < -0.4 is 5.32 Å². The van der Waals surface area contributed by atoms with Gasteiger partial charge in [0, 0.05) is 31.4 Å². The predicted molar refractivity (Wildman–Crippen MR) is 79.1 cm³/mol. The molecule has 1 aromatic rings. The van der Waals surface area contributed by atoms with Gasteiger partial charge in [0.05, 0.1) is 6.20 Å². The standard InChI is InChI=1S/C15H28N4/c1-4-8-19(11-14-6-5-7-16-9-14)12-15-10-17-18(3)13(15)2/h10,14,16H,4-9,11-12H2,1-3H3. The molecule has 1 aliphatic heterocycles. The maximum absolute atomic E-state index is 4.35. The first-order chi connectivity index (χ1) is 9.20. The molecule has 1 saturated heterocycles. The summed E-state index contributed by atoms with van der Waals surface area (Å²) < 4.78 is 1.97. The topological polar surface area (TPSA) is 33.1 Å². The van der Waals surface area contributed by atoms with E-state index in [4.69, 9.17) is 0 Å². The Morgan fingerprint density at radius 3 is 2.95 bits per heavy atom. The molecule has 0 aromatic carbocycles. The van der Waals surface area contributed by atoms with Gasteiger partial charge in [-0.05, 0) is 51.7 Å². The van der Waals surface area contributed by atoms with Gasteiger partial charge in [-0.3, -0.25) is 9.58 Å². The molecule has 1 aliphatic rings. The van der Waals surface area contributed by atoms with E-state index in [2.05, 4.69) is 29.2 Å². The Balaban J connectivity index is 1.93. The molecule has 4 heteroatoms. The van der Waals surface area contributed by atoms with Gasteiger partial charge in [-0.15, -0.1) is 0 Å². The third kappa shape index (κ3) is 4.05. The molecule has 1 atom stereocenters. The Morgan fingerprint density at radius 1 is 1.53 bits per heavy atom. The Kier molecular flexibility index (Phi) is 5.40. The van der Waals surface area contributed by atoms with E-state index in [0.29, 0.717) is 0 Å². The number of rotatable bonds is 6. The molecule has 1 fully saturated rings. The first kappa shape index (κ1) is 14.5. The van der Waals surface area contributed by atoms with Crippen LogP contribution >= 0.6 is 0 Å². The van der Waals surface area contributed by atoms with Gasteiger partial charge < -0.3 is 5.32 Å². The minimum Gasteiger partial charge on any atom is -0.316 e. The summed E-state index contributed by atoms with van der Waals surface area (Å²) in [5.41, 5.74) is 2.67. The summed E-state index contributed by atoms with van der Waals surface area (Å²) in [6.07, 6.45) is 5.95. The van der Waals surface area contributed by atoms with Gasteiger partial charge in [-0.2, -0.15) is 5.10 Å². The van der Waals surface area contributed by atoms with Crippen LogP contribution in [-0.4, -0.2) is 40.9 Å². The van der Waals surface area contributed by atoms with E-state index in [1.54, 1.807) is 0 Å². The minimum atomic E-state index is 0.817. The number of piperidine rings is 1. The van der Waals surface area contributed by atoms with Crippen molar-refractivity contribution in [3.8, 4) is 0 Å². The second kappa shape index (κ2) is 7.06. The lowest BCUT2D eigenvalue weighted by Crippen LogP contribution is -2.38. The summed E-state index contributed by atoms with van der Waals surface area (Å²) >= 11 is 0. The molecule has 2 heterocycles. The SMILES string of the molecule is CCCN(Cc1cnn(C)c1C)CC1CCCNC1. The van der Waals surface area contributed by atoms with Gasteiger partial charge in [0.25, 0.3) is 0 Å². The molecule has 1 aromatic heterocycles. The number of hydrogen-bond acceptors (Lipinski definition) is 3. The zero-order valence-corrected chi connectivity index (χ0v) is 12.7. The largest absolute Gasteiger partial charge is 0.316 e. The van der Waals surface area contributed by atoms with Crippen molar-refractivity contribution in [2.45, 2.75) is 39.7 Å². The molecule has 0 amide bonds. The van der Waals surface area contributed by atoms with Crippen LogP contribution in [0.25, 0.3) is 0 Å². The molecule has 0 radical (unpaired) electrons. The van der Waals surface area contributed by atoms with Crippen molar-refractivity contribution in [3.63, 3.8) is 0 Å². The summed E-state index contributed by atoms with van der Waals surface area (Å²) in [5, 5.41) is 7.87. The fourth-order valence-corrected chi connectivity index (χ4v) is 2.94. The van der Waals surface area contributed by atoms with E-state index in [0.717, 1.165) is 12.5 Å². The maximum Gasteiger partial charge on any atom is 0.0537 e. The highest BCUT2D eigenvalue weighted by Crippen LogP contribution is 2.15. The quantitative estimate of drug-likeness (QED) is 0.852. The number of aryl methyl sites for hydroxylation is 1. The third-order valence-electron chi connectivity index (χ3n) is 4.19. The highest BCUT2D eigenvalue weighted by atomic mass is 15.3. The molecular weight excluding hydrogens is 236 g/mol. The highest BCUT2D eigenvalue weighted by Gasteiger charge is 2.17. The van der Waals surface area contributed by atoms with Crippen LogP contribution in [0.5, 0.6) is 0 Å². The van der Waals surface area contributed by atoms with Gasteiger partial charge in [0.1, 0.15) is 0 Å². The average Bonchev–Trinajstić information content (AvgIpc) is 2.72. The summed E-state index contributed by atoms with van der Waals surface area (Å²) in [6.45, 7) is 10.3. The van der Waals surface area contributed by atoms with Crippen molar-refractivity contribution in [3.05, 3.63) is 17.5 Å². The van der Waals surface area contributed by atoms with Gasteiger partial charge in [0.2, 0.25) is 0 Å². The molecule has 1 unspecified atom stereocenters. The van der Waals surface area contributed by atoms with Crippen LogP contribution in [-0.2, 0) is 13.6 Å². The summed E-state index contributed by atoms with van der Waals surface area (Å²) in [4.78, 5) is 2.60. The second-order valence-electron chi connectivity index (χ2n) is 5.83.